The molecule has 4 heterocycles. The average Bonchev–Trinajstić information content (AvgIpc) is 2.73. The molecule has 0 N–H and O–H groups in total. The number of halogens is 1. The van der Waals surface area contributed by atoms with E-state index in [0.717, 1.165) is 18.5 Å². The number of quaternary nitrogens is 1. The number of aromatic nitrogens is 1. The largest absolute Gasteiger partial charge is 1.00 e. The number of hydrogen-bond acceptors (Lipinski definition) is 1. The van der Waals surface area contributed by atoms with Crippen molar-refractivity contribution in [3.63, 3.8) is 0 Å². The van der Waals surface area contributed by atoms with Crippen molar-refractivity contribution in [2.75, 3.05) is 20.1 Å². The summed E-state index contributed by atoms with van der Waals surface area (Å²) in [6.07, 6.45) is 4.04. The first-order valence-electron chi connectivity index (χ1n) is 7.21. The van der Waals surface area contributed by atoms with Crippen LogP contribution in [0.25, 0.3) is 0 Å². The van der Waals surface area contributed by atoms with E-state index in [1.807, 2.05) is 6.07 Å². The molecule has 4 heteroatoms. The molecular weight excluding hydrogens is 351 g/mol. The van der Waals surface area contributed by atoms with E-state index in [9.17, 15) is 4.79 Å². The molecule has 3 nitrogen and oxygen atoms in total. The highest BCUT2D eigenvalue weighted by atomic mass is 127. The van der Waals surface area contributed by atoms with Crippen LogP contribution in [0.3, 0.4) is 0 Å². The highest BCUT2D eigenvalue weighted by Gasteiger charge is 2.51. The Morgan fingerprint density at radius 2 is 2.21 bits per heavy atom. The molecule has 19 heavy (non-hydrogen) atoms. The van der Waals surface area contributed by atoms with E-state index in [-0.39, 0.29) is 29.5 Å². The van der Waals surface area contributed by atoms with Crippen LogP contribution in [0.4, 0.5) is 0 Å². The number of nitrogens with zero attached hydrogens (tertiary/aromatic N) is 2. The monoisotopic (exact) mass is 372 g/mol. The maximum atomic E-state index is 12.0. The van der Waals surface area contributed by atoms with Gasteiger partial charge in [0.2, 0.25) is 0 Å². The number of fused-ring (bicyclic) bond motifs is 6. The van der Waals surface area contributed by atoms with E-state index in [1.54, 1.807) is 6.07 Å². The van der Waals surface area contributed by atoms with Crippen LogP contribution in [0, 0.1) is 5.92 Å². The van der Waals surface area contributed by atoms with Gasteiger partial charge in [-0.3, -0.25) is 4.79 Å². The zero-order valence-corrected chi connectivity index (χ0v) is 13.5. The Morgan fingerprint density at radius 3 is 3.05 bits per heavy atom. The molecule has 1 unspecified atom stereocenters. The molecule has 4 rings (SSSR count). The molecule has 2 saturated heterocycles. The predicted octanol–water partition coefficient (Wildman–Crippen LogP) is -1.42. The van der Waals surface area contributed by atoms with Crippen LogP contribution in [-0.4, -0.2) is 35.2 Å². The van der Waals surface area contributed by atoms with Gasteiger partial charge in [-0.15, -0.1) is 0 Å². The molecule has 0 amide bonds. The Kier molecular flexibility index (Phi) is 3.29. The van der Waals surface area contributed by atoms with E-state index in [1.165, 1.54) is 42.5 Å². The third-order valence-electron chi connectivity index (χ3n) is 5.66. The zero-order chi connectivity index (χ0) is 12.3. The lowest BCUT2D eigenvalue weighted by atomic mass is 9.77. The van der Waals surface area contributed by atoms with Gasteiger partial charge in [0.1, 0.15) is 0 Å². The smallest absolute Gasteiger partial charge is 0.250 e. The zero-order valence-electron chi connectivity index (χ0n) is 11.4. The van der Waals surface area contributed by atoms with Crippen molar-refractivity contribution in [3.05, 3.63) is 34.2 Å². The van der Waals surface area contributed by atoms with E-state index in [0.29, 0.717) is 5.92 Å². The standard InChI is InChI=1S/C15H21N2O.HI/c1-17-7-3-5-14(17)11-8-12(10-17)13-4-2-6-15(18)16(13)9-11;/h2,4,6,11-12,14H,3,5,7-10H2,1H3;1H/q+1;/p-1/t11-,12-,14-,17?;/m1./s1. The number of rotatable bonds is 0. The summed E-state index contributed by atoms with van der Waals surface area (Å²) in [4.78, 5) is 12.0. The normalized spacial score (nSPS) is 39.1. The molecule has 0 spiro atoms. The number of hydrogen-bond donors (Lipinski definition) is 0. The minimum Gasteiger partial charge on any atom is -1.00 e. The summed E-state index contributed by atoms with van der Waals surface area (Å²) in [5, 5.41) is 0. The van der Waals surface area contributed by atoms with Crippen LogP contribution >= 0.6 is 0 Å². The van der Waals surface area contributed by atoms with Gasteiger partial charge < -0.3 is 33.0 Å². The second-order valence-electron chi connectivity index (χ2n) is 6.69. The highest BCUT2D eigenvalue weighted by Crippen LogP contribution is 2.45. The summed E-state index contributed by atoms with van der Waals surface area (Å²) in [5.74, 6) is 1.33. The van der Waals surface area contributed by atoms with Crippen LogP contribution in [0.2, 0.25) is 0 Å². The van der Waals surface area contributed by atoms with Gasteiger partial charge in [0.15, 0.2) is 0 Å². The van der Waals surface area contributed by atoms with E-state index in [2.05, 4.69) is 17.7 Å². The summed E-state index contributed by atoms with van der Waals surface area (Å²) in [6, 6.07) is 6.63. The lowest BCUT2D eigenvalue weighted by molar-refractivity contribution is -0.932. The second-order valence-corrected chi connectivity index (χ2v) is 6.69. The fourth-order valence-corrected chi connectivity index (χ4v) is 4.94. The predicted molar refractivity (Wildman–Crippen MR) is 70.5 cm³/mol. The third-order valence-corrected chi connectivity index (χ3v) is 5.66. The fourth-order valence-electron chi connectivity index (χ4n) is 4.94. The Labute approximate surface area is 131 Å². The molecule has 2 fully saturated rings. The van der Waals surface area contributed by atoms with Crippen molar-refractivity contribution < 1.29 is 28.5 Å². The molecule has 0 aromatic carbocycles. The van der Waals surface area contributed by atoms with Crippen molar-refractivity contribution in [1.29, 1.82) is 0 Å². The number of pyridine rings is 1. The average molecular weight is 372 g/mol. The minimum absolute atomic E-state index is 0. The third kappa shape index (κ3) is 1.90. The molecule has 3 aliphatic rings. The molecule has 0 saturated carbocycles. The van der Waals surface area contributed by atoms with Gasteiger partial charge in [-0.2, -0.15) is 0 Å². The molecule has 3 aliphatic heterocycles. The number of likely N-dealkylation sites (N-methyl/N-ethyl adjacent to an activating group) is 1. The topological polar surface area (TPSA) is 22.0 Å². The molecule has 4 atom stereocenters. The molecular formula is C15H21IN2O. The van der Waals surface area contributed by atoms with E-state index < -0.39 is 0 Å². The molecule has 0 radical (unpaired) electrons. The Balaban J connectivity index is 0.00000110. The lowest BCUT2D eigenvalue weighted by Gasteiger charge is -2.50. The maximum absolute atomic E-state index is 12.0. The first-order chi connectivity index (χ1) is 8.67. The first kappa shape index (κ1) is 13.6. The van der Waals surface area contributed by atoms with Crippen molar-refractivity contribution in [3.8, 4) is 0 Å². The van der Waals surface area contributed by atoms with Gasteiger partial charge in [-0.1, -0.05) is 6.07 Å². The molecule has 104 valence electrons. The van der Waals surface area contributed by atoms with Gasteiger partial charge in [-0.05, 0) is 12.5 Å². The van der Waals surface area contributed by atoms with Gasteiger partial charge in [0.25, 0.3) is 5.56 Å². The molecule has 1 aromatic heterocycles. The van der Waals surface area contributed by atoms with E-state index >= 15 is 0 Å². The molecule has 0 aliphatic carbocycles. The van der Waals surface area contributed by atoms with Crippen molar-refractivity contribution in [1.82, 2.24) is 4.57 Å². The summed E-state index contributed by atoms with van der Waals surface area (Å²) < 4.78 is 3.32. The van der Waals surface area contributed by atoms with Gasteiger partial charge in [0, 0.05) is 43.0 Å². The SMILES string of the molecule is C[N+]12CCC[C@@H]1[C@@H]1C[C@H](C2)c2cccc(=O)n2C1.[I-]. The van der Waals surface area contributed by atoms with Crippen LogP contribution in [0.5, 0.6) is 0 Å². The summed E-state index contributed by atoms with van der Waals surface area (Å²) >= 11 is 0. The minimum atomic E-state index is 0. The van der Waals surface area contributed by atoms with E-state index in [4.69, 9.17) is 0 Å². The first-order valence-corrected chi connectivity index (χ1v) is 7.21. The van der Waals surface area contributed by atoms with Gasteiger partial charge in [-0.25, -0.2) is 0 Å². The molecule has 2 bridgehead atoms. The van der Waals surface area contributed by atoms with Crippen molar-refractivity contribution >= 4 is 0 Å². The van der Waals surface area contributed by atoms with Crippen LogP contribution in [-0.2, 0) is 6.54 Å². The second kappa shape index (κ2) is 4.58. The van der Waals surface area contributed by atoms with Crippen molar-refractivity contribution in [2.24, 2.45) is 5.92 Å². The van der Waals surface area contributed by atoms with Crippen molar-refractivity contribution in [2.45, 2.75) is 37.8 Å². The summed E-state index contributed by atoms with van der Waals surface area (Å²) in [5.41, 5.74) is 1.50. The fraction of sp³-hybridized carbons (Fsp3) is 0.667. The Morgan fingerprint density at radius 1 is 1.37 bits per heavy atom. The quantitative estimate of drug-likeness (QED) is 0.405. The van der Waals surface area contributed by atoms with Crippen LogP contribution < -0.4 is 29.5 Å². The summed E-state index contributed by atoms with van der Waals surface area (Å²) in [7, 11) is 2.44. The van der Waals surface area contributed by atoms with Crippen LogP contribution in [0.15, 0.2) is 23.0 Å². The Hall–Kier alpha value is -0.360. The highest BCUT2D eigenvalue weighted by molar-refractivity contribution is 5.16. The maximum Gasteiger partial charge on any atom is 0.250 e. The van der Waals surface area contributed by atoms with Crippen LogP contribution in [0.1, 0.15) is 30.9 Å². The van der Waals surface area contributed by atoms with Gasteiger partial charge >= 0.3 is 0 Å². The summed E-state index contributed by atoms with van der Waals surface area (Å²) in [6.45, 7) is 3.55. The Bertz CT molecular complexity index is 555. The molecule has 1 aromatic rings. The van der Waals surface area contributed by atoms with Gasteiger partial charge in [0.05, 0.1) is 26.2 Å². The number of piperidine rings is 1. The lowest BCUT2D eigenvalue weighted by Crippen LogP contribution is -3.00.